The number of nitrogens with zero attached hydrogens (tertiary/aromatic N) is 1. The summed E-state index contributed by atoms with van der Waals surface area (Å²) in [5, 5.41) is 10.8. The summed E-state index contributed by atoms with van der Waals surface area (Å²) in [4.78, 5) is 15.7. The SMILES string of the molecule is C=CCOc1c(C(C=O)c2c(Cl)cncc2Cl)ccc(OC)c1O. The minimum absolute atomic E-state index is 0.107. The number of rotatable bonds is 7. The zero-order valence-corrected chi connectivity index (χ0v) is 14.3. The van der Waals surface area contributed by atoms with Crippen molar-refractivity contribution in [1.29, 1.82) is 0 Å². The largest absolute Gasteiger partial charge is 0.502 e. The van der Waals surface area contributed by atoms with Gasteiger partial charge in [-0.15, -0.1) is 0 Å². The summed E-state index contributed by atoms with van der Waals surface area (Å²) in [5.74, 6) is -0.737. The molecule has 24 heavy (non-hydrogen) atoms. The Morgan fingerprint density at radius 1 is 1.33 bits per heavy atom. The van der Waals surface area contributed by atoms with Crippen molar-refractivity contribution in [2.24, 2.45) is 0 Å². The van der Waals surface area contributed by atoms with Gasteiger partial charge in [-0.25, -0.2) is 0 Å². The molecule has 126 valence electrons. The number of hydrogen-bond acceptors (Lipinski definition) is 5. The van der Waals surface area contributed by atoms with Crippen molar-refractivity contribution >= 4 is 29.5 Å². The summed E-state index contributed by atoms with van der Waals surface area (Å²) in [6, 6.07) is 3.15. The molecule has 0 aliphatic rings. The molecule has 1 N–H and O–H groups in total. The number of aromatic hydroxyl groups is 1. The van der Waals surface area contributed by atoms with Gasteiger partial charge in [-0.3, -0.25) is 4.98 Å². The van der Waals surface area contributed by atoms with Gasteiger partial charge in [0.05, 0.1) is 23.1 Å². The number of aldehydes is 1. The third-order valence-electron chi connectivity index (χ3n) is 3.36. The van der Waals surface area contributed by atoms with E-state index in [1.54, 1.807) is 6.07 Å². The first-order valence-corrected chi connectivity index (χ1v) is 7.68. The Morgan fingerprint density at radius 2 is 2.00 bits per heavy atom. The van der Waals surface area contributed by atoms with Crippen LogP contribution < -0.4 is 9.47 Å². The quantitative estimate of drug-likeness (QED) is 0.591. The third-order valence-corrected chi connectivity index (χ3v) is 3.97. The van der Waals surface area contributed by atoms with Crippen LogP contribution in [0.4, 0.5) is 0 Å². The Balaban J connectivity index is 2.65. The molecule has 0 spiro atoms. The number of carbonyl (C=O) groups excluding carboxylic acids is 1. The van der Waals surface area contributed by atoms with Crippen molar-refractivity contribution < 1.29 is 19.4 Å². The Morgan fingerprint density at radius 3 is 2.54 bits per heavy atom. The third kappa shape index (κ3) is 3.47. The molecule has 1 aromatic heterocycles. The number of benzene rings is 1. The predicted molar refractivity (Wildman–Crippen MR) is 92.5 cm³/mol. The number of pyridine rings is 1. The highest BCUT2D eigenvalue weighted by Gasteiger charge is 2.26. The predicted octanol–water partition coefficient (Wildman–Crippen LogP) is 4.00. The van der Waals surface area contributed by atoms with Gasteiger partial charge in [0.15, 0.2) is 11.5 Å². The van der Waals surface area contributed by atoms with Crippen molar-refractivity contribution in [3.8, 4) is 17.2 Å². The fourth-order valence-corrected chi connectivity index (χ4v) is 2.89. The summed E-state index contributed by atoms with van der Waals surface area (Å²) in [6.45, 7) is 3.71. The molecule has 7 heteroatoms. The molecule has 0 amide bonds. The van der Waals surface area contributed by atoms with Crippen LogP contribution in [0.2, 0.25) is 10.0 Å². The number of aromatic nitrogens is 1. The zero-order valence-electron chi connectivity index (χ0n) is 12.8. The van der Waals surface area contributed by atoms with Crippen LogP contribution in [-0.4, -0.2) is 30.1 Å². The van der Waals surface area contributed by atoms with Crippen LogP contribution in [0.5, 0.6) is 17.2 Å². The molecule has 5 nitrogen and oxygen atoms in total. The van der Waals surface area contributed by atoms with Gasteiger partial charge in [0, 0.05) is 23.5 Å². The van der Waals surface area contributed by atoms with E-state index >= 15 is 0 Å². The van der Waals surface area contributed by atoms with Crippen LogP contribution in [0, 0.1) is 0 Å². The van der Waals surface area contributed by atoms with Crippen LogP contribution in [0.15, 0.2) is 37.2 Å². The first-order valence-electron chi connectivity index (χ1n) is 6.92. The number of phenolic OH excluding ortho intramolecular Hbond substituents is 1. The highest BCUT2D eigenvalue weighted by Crippen LogP contribution is 2.45. The number of halogens is 2. The van der Waals surface area contributed by atoms with E-state index in [0.29, 0.717) is 17.4 Å². The Labute approximate surface area is 149 Å². The summed E-state index contributed by atoms with van der Waals surface area (Å²) in [5.41, 5.74) is 0.788. The lowest BCUT2D eigenvalue weighted by Gasteiger charge is -2.20. The molecule has 1 aromatic carbocycles. The van der Waals surface area contributed by atoms with Gasteiger partial charge >= 0.3 is 0 Å². The number of hydrogen-bond donors (Lipinski definition) is 1. The van der Waals surface area contributed by atoms with Gasteiger partial charge in [-0.2, -0.15) is 0 Å². The van der Waals surface area contributed by atoms with Gasteiger partial charge in [-0.05, 0) is 6.07 Å². The molecule has 0 aliphatic heterocycles. The molecule has 0 radical (unpaired) electrons. The van der Waals surface area contributed by atoms with Gasteiger partial charge in [0.1, 0.15) is 12.9 Å². The lowest BCUT2D eigenvalue weighted by Crippen LogP contribution is -2.08. The second-order valence-electron chi connectivity index (χ2n) is 4.77. The molecule has 0 aliphatic carbocycles. The van der Waals surface area contributed by atoms with E-state index in [0.717, 1.165) is 0 Å². The summed E-state index contributed by atoms with van der Waals surface area (Å²) in [7, 11) is 1.42. The monoisotopic (exact) mass is 367 g/mol. The second kappa shape index (κ2) is 8.04. The van der Waals surface area contributed by atoms with Crippen LogP contribution in [0.1, 0.15) is 17.0 Å². The lowest BCUT2D eigenvalue weighted by atomic mass is 9.92. The maximum Gasteiger partial charge on any atom is 0.201 e. The van der Waals surface area contributed by atoms with E-state index in [2.05, 4.69) is 11.6 Å². The van der Waals surface area contributed by atoms with Crippen LogP contribution in [0.3, 0.4) is 0 Å². The minimum Gasteiger partial charge on any atom is -0.502 e. The van der Waals surface area contributed by atoms with Crippen molar-refractivity contribution in [2.45, 2.75) is 5.92 Å². The lowest BCUT2D eigenvalue weighted by molar-refractivity contribution is -0.108. The van der Waals surface area contributed by atoms with Crippen molar-refractivity contribution in [3.63, 3.8) is 0 Å². The number of phenols is 1. The minimum atomic E-state index is -0.843. The number of ether oxygens (including phenoxy) is 2. The summed E-state index contributed by atoms with van der Waals surface area (Å²) in [6.07, 6.45) is 4.99. The van der Waals surface area contributed by atoms with Crippen molar-refractivity contribution in [3.05, 3.63) is 58.4 Å². The Hall–Kier alpha value is -2.24. The summed E-state index contributed by atoms with van der Waals surface area (Å²) >= 11 is 12.3. The van der Waals surface area contributed by atoms with E-state index in [9.17, 15) is 9.90 Å². The van der Waals surface area contributed by atoms with E-state index < -0.39 is 5.92 Å². The second-order valence-corrected chi connectivity index (χ2v) is 5.58. The van der Waals surface area contributed by atoms with Crippen LogP contribution in [0.25, 0.3) is 0 Å². The molecule has 0 fully saturated rings. The van der Waals surface area contributed by atoms with Gasteiger partial charge in [0.2, 0.25) is 5.75 Å². The molecule has 0 saturated carbocycles. The van der Waals surface area contributed by atoms with E-state index in [-0.39, 0.29) is 33.9 Å². The van der Waals surface area contributed by atoms with E-state index in [1.165, 1.54) is 31.6 Å². The van der Waals surface area contributed by atoms with Crippen molar-refractivity contribution in [2.75, 3.05) is 13.7 Å². The molecule has 0 bridgehead atoms. The molecule has 1 heterocycles. The average molecular weight is 368 g/mol. The Kier molecular flexibility index (Phi) is 6.06. The molecular weight excluding hydrogens is 353 g/mol. The van der Waals surface area contributed by atoms with E-state index in [1.807, 2.05) is 0 Å². The number of carbonyl (C=O) groups is 1. The molecule has 1 atom stereocenters. The fraction of sp³-hybridized carbons (Fsp3) is 0.176. The fourth-order valence-electron chi connectivity index (χ4n) is 2.29. The van der Waals surface area contributed by atoms with Gasteiger partial charge in [0.25, 0.3) is 0 Å². The maximum absolute atomic E-state index is 11.8. The zero-order chi connectivity index (χ0) is 17.7. The maximum atomic E-state index is 11.8. The van der Waals surface area contributed by atoms with Crippen LogP contribution >= 0.6 is 23.2 Å². The molecular formula is C17H15Cl2NO4. The first-order chi connectivity index (χ1) is 11.5. The smallest absolute Gasteiger partial charge is 0.201 e. The topological polar surface area (TPSA) is 68.7 Å². The molecule has 1 unspecified atom stereocenters. The highest BCUT2D eigenvalue weighted by atomic mass is 35.5. The van der Waals surface area contributed by atoms with Gasteiger partial charge in [-0.1, -0.05) is 41.9 Å². The summed E-state index contributed by atoms with van der Waals surface area (Å²) < 4.78 is 10.6. The normalized spacial score (nSPS) is 11.6. The molecule has 2 rings (SSSR count). The highest BCUT2D eigenvalue weighted by molar-refractivity contribution is 6.36. The Bertz CT molecular complexity index is 744. The average Bonchev–Trinajstić information content (AvgIpc) is 2.57. The number of methoxy groups -OCH3 is 1. The van der Waals surface area contributed by atoms with Crippen molar-refractivity contribution in [1.82, 2.24) is 4.98 Å². The van der Waals surface area contributed by atoms with Crippen LogP contribution in [-0.2, 0) is 4.79 Å². The van der Waals surface area contributed by atoms with Gasteiger partial charge < -0.3 is 19.4 Å². The van der Waals surface area contributed by atoms with E-state index in [4.69, 9.17) is 32.7 Å². The molecule has 2 aromatic rings. The molecule has 0 saturated heterocycles. The first kappa shape index (κ1) is 18.1. The standard InChI is InChI=1S/C17H15Cl2NO4/c1-3-6-24-17-10(4-5-14(23-2)16(17)22)11(9-21)15-12(18)7-20-8-13(15)19/h3-5,7-9,11,22H,1,6H2,2H3.